The molecule has 0 heterocycles. The van der Waals surface area contributed by atoms with E-state index in [9.17, 15) is 10.1 Å². The van der Waals surface area contributed by atoms with E-state index in [0.717, 1.165) is 70.1 Å². The third kappa shape index (κ3) is 9.66. The lowest BCUT2D eigenvalue weighted by molar-refractivity contribution is -0.384. The van der Waals surface area contributed by atoms with Crippen LogP contribution in [0.15, 0.2) is 29.3 Å². The Hall–Kier alpha value is -2.15. The fourth-order valence-corrected chi connectivity index (χ4v) is 2.29. The number of rotatable bonds is 12. The Bertz CT molecular complexity index is 518. The molecule has 0 aliphatic carbocycles. The Kier molecular flexibility index (Phi) is 11.0. The first-order chi connectivity index (χ1) is 12.2. The smallest absolute Gasteiger partial charge is 0.269 e. The number of nitrogens with one attached hydrogen (secondary N) is 2. The van der Waals surface area contributed by atoms with Crippen LogP contribution in [0, 0.1) is 10.1 Å². The maximum atomic E-state index is 10.6. The van der Waals surface area contributed by atoms with Gasteiger partial charge in [-0.2, -0.15) is 0 Å². The first-order valence-corrected chi connectivity index (χ1v) is 9.00. The molecule has 0 spiro atoms. The first kappa shape index (κ1) is 20.9. The minimum atomic E-state index is -0.371. The van der Waals surface area contributed by atoms with Gasteiger partial charge in [-0.1, -0.05) is 12.1 Å². The fraction of sp³-hybridized carbons (Fsp3) is 0.611. The number of aryl methyl sites for hydroxylation is 1. The van der Waals surface area contributed by atoms with Crippen LogP contribution in [0.25, 0.3) is 0 Å². The van der Waals surface area contributed by atoms with Crippen LogP contribution in [0.4, 0.5) is 5.69 Å². The number of aliphatic imine (C=N–C) groups is 1. The highest BCUT2D eigenvalue weighted by Crippen LogP contribution is 2.13. The van der Waals surface area contributed by atoms with E-state index >= 15 is 0 Å². The SMILES string of the molecule is CCNC(=NCCCOCC)NCCCCc1ccc([N+](=O)[O-])cc1. The molecule has 25 heavy (non-hydrogen) atoms. The van der Waals surface area contributed by atoms with Crippen molar-refractivity contribution in [3.63, 3.8) is 0 Å². The fourth-order valence-electron chi connectivity index (χ4n) is 2.29. The molecule has 1 rings (SSSR count). The van der Waals surface area contributed by atoms with Gasteiger partial charge in [0.2, 0.25) is 0 Å². The second kappa shape index (κ2) is 13.2. The molecular formula is C18H30N4O3. The Morgan fingerprint density at radius 2 is 1.92 bits per heavy atom. The van der Waals surface area contributed by atoms with Crippen molar-refractivity contribution in [3.05, 3.63) is 39.9 Å². The van der Waals surface area contributed by atoms with Gasteiger partial charge in [0.05, 0.1) is 4.92 Å². The zero-order valence-electron chi connectivity index (χ0n) is 15.3. The normalized spacial score (nSPS) is 11.4. The Balaban J connectivity index is 2.22. The number of benzene rings is 1. The maximum absolute atomic E-state index is 10.6. The van der Waals surface area contributed by atoms with E-state index in [1.807, 2.05) is 26.0 Å². The summed E-state index contributed by atoms with van der Waals surface area (Å²) in [6.07, 6.45) is 3.88. The van der Waals surface area contributed by atoms with Gasteiger partial charge in [-0.25, -0.2) is 0 Å². The second-order valence-electron chi connectivity index (χ2n) is 5.62. The Morgan fingerprint density at radius 3 is 2.56 bits per heavy atom. The minimum Gasteiger partial charge on any atom is -0.382 e. The van der Waals surface area contributed by atoms with Crippen molar-refractivity contribution >= 4 is 11.6 Å². The molecule has 0 saturated heterocycles. The quantitative estimate of drug-likeness (QED) is 0.199. The molecule has 0 atom stereocenters. The molecule has 0 amide bonds. The molecular weight excluding hydrogens is 320 g/mol. The number of nitro benzene ring substituents is 1. The van der Waals surface area contributed by atoms with Crippen LogP contribution in [0.5, 0.6) is 0 Å². The van der Waals surface area contributed by atoms with Crippen LogP contribution in [0.1, 0.15) is 38.7 Å². The van der Waals surface area contributed by atoms with Crippen LogP contribution < -0.4 is 10.6 Å². The van der Waals surface area contributed by atoms with Gasteiger partial charge in [-0.05, 0) is 45.1 Å². The van der Waals surface area contributed by atoms with Gasteiger partial charge in [-0.3, -0.25) is 15.1 Å². The standard InChI is InChI=1S/C18H30N4O3/c1-3-19-18(21-14-7-15-25-4-2)20-13-6-5-8-16-9-11-17(12-10-16)22(23)24/h9-12H,3-8,13-15H2,1-2H3,(H2,19,20,21). The number of ether oxygens (including phenoxy) is 1. The van der Waals surface area contributed by atoms with E-state index in [1.54, 1.807) is 12.1 Å². The number of hydrogen-bond donors (Lipinski definition) is 2. The minimum absolute atomic E-state index is 0.140. The monoisotopic (exact) mass is 350 g/mol. The van der Waals surface area contributed by atoms with Crippen molar-refractivity contribution in [3.8, 4) is 0 Å². The van der Waals surface area contributed by atoms with E-state index < -0.39 is 0 Å². The topological polar surface area (TPSA) is 88.8 Å². The zero-order chi connectivity index (χ0) is 18.3. The number of unbranched alkanes of at least 4 members (excludes halogenated alkanes) is 1. The molecule has 1 aromatic carbocycles. The molecule has 1 aromatic rings. The van der Waals surface area contributed by atoms with Crippen molar-refractivity contribution in [1.82, 2.24) is 10.6 Å². The van der Waals surface area contributed by atoms with Gasteiger partial charge in [0, 0.05) is 45.0 Å². The lowest BCUT2D eigenvalue weighted by Gasteiger charge is -2.11. The first-order valence-electron chi connectivity index (χ1n) is 9.00. The lowest BCUT2D eigenvalue weighted by atomic mass is 10.1. The number of non-ortho nitro benzene ring substituents is 1. The van der Waals surface area contributed by atoms with E-state index in [-0.39, 0.29) is 10.6 Å². The summed E-state index contributed by atoms with van der Waals surface area (Å²) in [7, 11) is 0. The second-order valence-corrected chi connectivity index (χ2v) is 5.62. The Morgan fingerprint density at radius 1 is 1.16 bits per heavy atom. The van der Waals surface area contributed by atoms with Gasteiger partial charge in [0.15, 0.2) is 5.96 Å². The molecule has 0 fully saturated rings. The maximum Gasteiger partial charge on any atom is 0.269 e. The van der Waals surface area contributed by atoms with Crippen molar-refractivity contribution in [2.75, 3.05) is 32.8 Å². The summed E-state index contributed by atoms with van der Waals surface area (Å²) in [5, 5.41) is 17.2. The molecule has 0 radical (unpaired) electrons. The molecule has 7 nitrogen and oxygen atoms in total. The summed E-state index contributed by atoms with van der Waals surface area (Å²) in [4.78, 5) is 14.8. The molecule has 0 aliphatic rings. The predicted octanol–water partition coefficient (Wildman–Crippen LogP) is 2.90. The Labute approximate surface area is 150 Å². The van der Waals surface area contributed by atoms with E-state index in [1.165, 1.54) is 0 Å². The third-order valence-corrected chi connectivity index (χ3v) is 3.60. The number of hydrogen-bond acceptors (Lipinski definition) is 4. The molecule has 0 aromatic heterocycles. The number of guanidine groups is 1. The zero-order valence-corrected chi connectivity index (χ0v) is 15.3. The average molecular weight is 350 g/mol. The highest BCUT2D eigenvalue weighted by atomic mass is 16.6. The predicted molar refractivity (Wildman–Crippen MR) is 101 cm³/mol. The highest BCUT2D eigenvalue weighted by Gasteiger charge is 2.03. The van der Waals surface area contributed by atoms with Crippen LogP contribution in [-0.2, 0) is 11.2 Å². The molecule has 2 N–H and O–H groups in total. The molecule has 0 bridgehead atoms. The van der Waals surface area contributed by atoms with Gasteiger partial charge in [0.25, 0.3) is 5.69 Å². The van der Waals surface area contributed by atoms with Crippen LogP contribution in [0.2, 0.25) is 0 Å². The van der Waals surface area contributed by atoms with Crippen LogP contribution in [0.3, 0.4) is 0 Å². The molecule has 0 aliphatic heterocycles. The highest BCUT2D eigenvalue weighted by molar-refractivity contribution is 5.79. The van der Waals surface area contributed by atoms with Gasteiger partial charge in [0.1, 0.15) is 0 Å². The van der Waals surface area contributed by atoms with Crippen molar-refractivity contribution in [2.45, 2.75) is 39.5 Å². The van der Waals surface area contributed by atoms with E-state index in [2.05, 4.69) is 15.6 Å². The number of nitro groups is 1. The summed E-state index contributed by atoms with van der Waals surface area (Å²) in [6, 6.07) is 6.78. The van der Waals surface area contributed by atoms with Crippen molar-refractivity contribution in [2.24, 2.45) is 4.99 Å². The summed E-state index contributed by atoms with van der Waals surface area (Å²) in [5.41, 5.74) is 1.27. The summed E-state index contributed by atoms with van der Waals surface area (Å²) >= 11 is 0. The largest absolute Gasteiger partial charge is 0.382 e. The molecule has 0 saturated carbocycles. The number of nitrogens with zero attached hydrogens (tertiary/aromatic N) is 2. The van der Waals surface area contributed by atoms with Crippen molar-refractivity contribution < 1.29 is 9.66 Å². The van der Waals surface area contributed by atoms with E-state index in [0.29, 0.717) is 0 Å². The summed E-state index contributed by atoms with van der Waals surface area (Å²) in [6.45, 7) is 7.96. The third-order valence-electron chi connectivity index (χ3n) is 3.60. The van der Waals surface area contributed by atoms with Crippen LogP contribution >= 0.6 is 0 Å². The van der Waals surface area contributed by atoms with Crippen molar-refractivity contribution in [1.29, 1.82) is 0 Å². The summed E-state index contributed by atoms with van der Waals surface area (Å²) in [5.74, 6) is 0.842. The average Bonchev–Trinajstić information content (AvgIpc) is 2.61. The van der Waals surface area contributed by atoms with Gasteiger partial charge >= 0.3 is 0 Å². The van der Waals surface area contributed by atoms with Gasteiger partial charge < -0.3 is 15.4 Å². The van der Waals surface area contributed by atoms with E-state index in [4.69, 9.17) is 4.74 Å². The van der Waals surface area contributed by atoms with Crippen LogP contribution in [-0.4, -0.2) is 43.7 Å². The molecule has 140 valence electrons. The molecule has 0 unspecified atom stereocenters. The lowest BCUT2D eigenvalue weighted by Crippen LogP contribution is -2.37. The molecule has 7 heteroatoms. The van der Waals surface area contributed by atoms with Gasteiger partial charge in [-0.15, -0.1) is 0 Å². The summed E-state index contributed by atoms with van der Waals surface area (Å²) < 4.78 is 5.30.